The van der Waals surface area contributed by atoms with Crippen molar-refractivity contribution >= 4 is 23.9 Å². The summed E-state index contributed by atoms with van der Waals surface area (Å²) in [6.07, 6.45) is 1.52. The first-order valence-corrected chi connectivity index (χ1v) is 10.3. The number of halogens is 1. The van der Waals surface area contributed by atoms with Crippen LogP contribution in [-0.2, 0) is 9.53 Å². The second-order valence-corrected chi connectivity index (χ2v) is 7.24. The molecule has 1 heterocycles. The van der Waals surface area contributed by atoms with E-state index < -0.39 is 17.8 Å². The normalized spacial score (nSPS) is 14.1. The number of esters is 2. The molecule has 0 bridgehead atoms. The van der Waals surface area contributed by atoms with Gasteiger partial charge in [0.2, 0.25) is 5.90 Å². The molecule has 33 heavy (non-hydrogen) atoms. The Kier molecular flexibility index (Phi) is 6.31. The predicted octanol–water partition coefficient (Wildman–Crippen LogP) is 5.10. The molecule has 0 aliphatic carbocycles. The monoisotopic (exact) mass is 445 g/mol. The van der Waals surface area contributed by atoms with Gasteiger partial charge in [-0.15, -0.1) is 0 Å². The lowest BCUT2D eigenvalue weighted by atomic mass is 10.1. The highest BCUT2D eigenvalue weighted by Crippen LogP contribution is 2.31. The summed E-state index contributed by atoms with van der Waals surface area (Å²) in [7, 11) is 0. The van der Waals surface area contributed by atoms with Crippen molar-refractivity contribution in [1.29, 1.82) is 0 Å². The van der Waals surface area contributed by atoms with E-state index in [4.69, 9.17) is 14.2 Å². The van der Waals surface area contributed by atoms with Gasteiger partial charge >= 0.3 is 11.9 Å². The van der Waals surface area contributed by atoms with Crippen LogP contribution in [0, 0.1) is 12.7 Å². The van der Waals surface area contributed by atoms with Gasteiger partial charge in [-0.25, -0.2) is 19.0 Å². The highest BCUT2D eigenvalue weighted by atomic mass is 19.1. The number of carbonyl (C=O) groups is 2. The highest BCUT2D eigenvalue weighted by molar-refractivity contribution is 6.12. The molecule has 0 radical (unpaired) electrons. The fraction of sp³-hybridized carbons (Fsp3) is 0.115. The van der Waals surface area contributed by atoms with Gasteiger partial charge in [-0.1, -0.05) is 29.8 Å². The van der Waals surface area contributed by atoms with Crippen molar-refractivity contribution < 1.29 is 28.2 Å². The quantitative estimate of drug-likeness (QED) is 0.300. The topological polar surface area (TPSA) is 74.2 Å². The maximum absolute atomic E-state index is 13.5. The van der Waals surface area contributed by atoms with Crippen LogP contribution in [0.2, 0.25) is 0 Å². The number of hydrogen-bond acceptors (Lipinski definition) is 6. The number of ether oxygens (including phenoxy) is 3. The van der Waals surface area contributed by atoms with Gasteiger partial charge in [0, 0.05) is 5.56 Å². The third-order valence-electron chi connectivity index (χ3n) is 4.72. The van der Waals surface area contributed by atoms with Gasteiger partial charge in [-0.2, -0.15) is 0 Å². The summed E-state index contributed by atoms with van der Waals surface area (Å²) < 4.78 is 29.8. The average Bonchev–Trinajstić information content (AvgIpc) is 3.16. The third-order valence-corrected chi connectivity index (χ3v) is 4.72. The number of aryl methyl sites for hydroxylation is 1. The Bertz CT molecular complexity index is 1300. The SMILES string of the molecule is CCOc1cc(/C=C2\N=C(c3cccc(F)c3)OC2=O)ccc1OC(=O)c1cccc(C)c1. The van der Waals surface area contributed by atoms with Gasteiger partial charge in [0.25, 0.3) is 0 Å². The van der Waals surface area contributed by atoms with Crippen LogP contribution < -0.4 is 9.47 Å². The van der Waals surface area contributed by atoms with E-state index in [1.54, 1.807) is 49.4 Å². The smallest absolute Gasteiger partial charge is 0.363 e. The van der Waals surface area contributed by atoms with E-state index >= 15 is 0 Å². The molecule has 0 aromatic heterocycles. The van der Waals surface area contributed by atoms with E-state index in [2.05, 4.69) is 4.99 Å². The maximum atomic E-state index is 13.5. The maximum Gasteiger partial charge on any atom is 0.363 e. The molecule has 0 spiro atoms. The number of rotatable bonds is 6. The molecule has 0 saturated heterocycles. The lowest BCUT2D eigenvalue weighted by Gasteiger charge is -2.11. The molecule has 0 unspecified atom stereocenters. The van der Waals surface area contributed by atoms with Gasteiger partial charge in [0.1, 0.15) is 5.82 Å². The van der Waals surface area contributed by atoms with E-state index in [-0.39, 0.29) is 17.3 Å². The van der Waals surface area contributed by atoms with Crippen LogP contribution in [-0.4, -0.2) is 24.4 Å². The van der Waals surface area contributed by atoms with Gasteiger partial charge in [0.15, 0.2) is 17.2 Å². The number of cyclic esters (lactones) is 1. The van der Waals surface area contributed by atoms with E-state index in [1.165, 1.54) is 24.3 Å². The van der Waals surface area contributed by atoms with Crippen molar-refractivity contribution in [3.63, 3.8) is 0 Å². The second kappa shape index (κ2) is 9.48. The molecule has 0 fully saturated rings. The lowest BCUT2D eigenvalue weighted by Crippen LogP contribution is -2.10. The van der Waals surface area contributed by atoms with Gasteiger partial charge in [-0.05, 0) is 68.0 Å². The lowest BCUT2D eigenvalue weighted by molar-refractivity contribution is -0.129. The molecule has 1 aliphatic rings. The van der Waals surface area contributed by atoms with Crippen LogP contribution in [0.1, 0.15) is 34.0 Å². The molecule has 166 valence electrons. The van der Waals surface area contributed by atoms with E-state index in [9.17, 15) is 14.0 Å². The predicted molar refractivity (Wildman–Crippen MR) is 121 cm³/mol. The third kappa shape index (κ3) is 5.15. The fourth-order valence-electron chi connectivity index (χ4n) is 3.21. The van der Waals surface area contributed by atoms with Crippen molar-refractivity contribution in [2.45, 2.75) is 13.8 Å². The second-order valence-electron chi connectivity index (χ2n) is 7.24. The first-order chi connectivity index (χ1) is 15.9. The summed E-state index contributed by atoms with van der Waals surface area (Å²) >= 11 is 0. The number of nitrogens with zero attached hydrogens (tertiary/aromatic N) is 1. The minimum Gasteiger partial charge on any atom is -0.490 e. The zero-order valence-corrected chi connectivity index (χ0v) is 18.0. The van der Waals surface area contributed by atoms with E-state index in [0.29, 0.717) is 29.0 Å². The Morgan fingerprint density at radius 2 is 1.88 bits per heavy atom. The summed E-state index contributed by atoms with van der Waals surface area (Å²) in [6, 6.07) is 17.6. The Morgan fingerprint density at radius 3 is 2.64 bits per heavy atom. The van der Waals surface area contributed by atoms with Crippen molar-refractivity contribution in [2.75, 3.05) is 6.61 Å². The molecule has 0 amide bonds. The number of aliphatic imine (C=N–C) groups is 1. The summed E-state index contributed by atoms with van der Waals surface area (Å²) in [5.41, 5.74) is 2.38. The molecule has 7 heteroatoms. The Morgan fingerprint density at radius 1 is 1.06 bits per heavy atom. The molecule has 3 aromatic carbocycles. The van der Waals surface area contributed by atoms with Gasteiger partial charge < -0.3 is 14.2 Å². The average molecular weight is 445 g/mol. The van der Waals surface area contributed by atoms with E-state index in [0.717, 1.165) is 5.56 Å². The molecule has 4 rings (SSSR count). The van der Waals surface area contributed by atoms with Gasteiger partial charge in [0.05, 0.1) is 12.2 Å². The molecule has 1 aliphatic heterocycles. The van der Waals surface area contributed by atoms with Crippen LogP contribution in [0.15, 0.2) is 77.4 Å². The molecule has 0 saturated carbocycles. The minimum atomic E-state index is -0.651. The molecule has 0 atom stereocenters. The Hall–Kier alpha value is -4.26. The van der Waals surface area contributed by atoms with Crippen LogP contribution in [0.5, 0.6) is 11.5 Å². The number of benzene rings is 3. The highest BCUT2D eigenvalue weighted by Gasteiger charge is 2.24. The first kappa shape index (κ1) is 22.0. The van der Waals surface area contributed by atoms with Crippen molar-refractivity contribution in [1.82, 2.24) is 0 Å². The summed E-state index contributed by atoms with van der Waals surface area (Å²) in [5.74, 6) is -0.992. The van der Waals surface area contributed by atoms with Gasteiger partial charge in [-0.3, -0.25) is 0 Å². The molecule has 0 N–H and O–H groups in total. The standard InChI is InChI=1S/C26H20FNO5/c1-3-31-23-14-17(10-11-22(23)32-25(29)19-8-4-6-16(2)12-19)13-21-26(30)33-24(28-21)18-7-5-9-20(27)15-18/h4-15H,3H2,1-2H3/b21-13-. The Balaban J connectivity index is 1.60. The molecular weight excluding hydrogens is 425 g/mol. The summed E-state index contributed by atoms with van der Waals surface area (Å²) in [5, 5.41) is 0. The van der Waals surface area contributed by atoms with Crippen molar-refractivity contribution in [2.24, 2.45) is 4.99 Å². The summed E-state index contributed by atoms with van der Waals surface area (Å²) in [6.45, 7) is 4.04. The Labute approximate surface area is 189 Å². The number of hydrogen-bond donors (Lipinski definition) is 0. The zero-order valence-electron chi connectivity index (χ0n) is 18.0. The minimum absolute atomic E-state index is 0.0273. The molecule has 6 nitrogen and oxygen atoms in total. The van der Waals surface area contributed by atoms with Crippen LogP contribution in [0.3, 0.4) is 0 Å². The van der Waals surface area contributed by atoms with Crippen molar-refractivity contribution in [3.05, 3.63) is 100 Å². The van der Waals surface area contributed by atoms with Crippen LogP contribution in [0.25, 0.3) is 6.08 Å². The molecule has 3 aromatic rings. The molecular formula is C26H20FNO5. The van der Waals surface area contributed by atoms with Crippen molar-refractivity contribution in [3.8, 4) is 11.5 Å². The number of carbonyl (C=O) groups excluding carboxylic acids is 2. The first-order valence-electron chi connectivity index (χ1n) is 10.3. The van der Waals surface area contributed by atoms with Crippen LogP contribution >= 0.6 is 0 Å². The largest absolute Gasteiger partial charge is 0.490 e. The fourth-order valence-corrected chi connectivity index (χ4v) is 3.21. The van der Waals surface area contributed by atoms with E-state index in [1.807, 2.05) is 13.0 Å². The summed E-state index contributed by atoms with van der Waals surface area (Å²) in [4.78, 5) is 29.0. The zero-order chi connectivity index (χ0) is 23.4. The van der Waals surface area contributed by atoms with Crippen LogP contribution in [0.4, 0.5) is 4.39 Å².